The number of rotatable bonds is 2. The maximum absolute atomic E-state index is 6.53. The van der Waals surface area contributed by atoms with E-state index < -0.39 is 0 Å². The Morgan fingerprint density at radius 3 is 2.90 bits per heavy atom. The lowest BCUT2D eigenvalue weighted by atomic mass is 9.88. The Morgan fingerprint density at radius 1 is 1.05 bits per heavy atom. The number of para-hydroxylation sites is 2. The van der Waals surface area contributed by atoms with Crippen LogP contribution in [0.5, 0.6) is 11.5 Å². The Kier molecular flexibility index (Phi) is 2.67. The summed E-state index contributed by atoms with van der Waals surface area (Å²) in [5.41, 5.74) is 10.1. The topological polar surface area (TPSA) is 44.5 Å². The minimum Gasteiger partial charge on any atom is -0.493 e. The highest BCUT2D eigenvalue weighted by Gasteiger charge is 2.32. The summed E-state index contributed by atoms with van der Waals surface area (Å²) in [7, 11) is 0. The van der Waals surface area contributed by atoms with Crippen molar-refractivity contribution in [3.63, 3.8) is 0 Å². The predicted molar refractivity (Wildman–Crippen MR) is 77.2 cm³/mol. The van der Waals surface area contributed by atoms with Gasteiger partial charge in [-0.3, -0.25) is 0 Å². The highest BCUT2D eigenvalue weighted by Crippen LogP contribution is 2.43. The Balaban J connectivity index is 1.73. The highest BCUT2D eigenvalue weighted by atomic mass is 16.5. The molecule has 0 saturated carbocycles. The zero-order chi connectivity index (χ0) is 13.5. The first-order valence-corrected chi connectivity index (χ1v) is 7.06. The van der Waals surface area contributed by atoms with E-state index in [1.54, 1.807) is 0 Å². The maximum atomic E-state index is 6.53. The summed E-state index contributed by atoms with van der Waals surface area (Å²) in [6, 6.07) is 14.3. The predicted octanol–water partition coefficient (Wildman–Crippen LogP) is 2.80. The van der Waals surface area contributed by atoms with Crippen molar-refractivity contribution in [1.82, 2.24) is 0 Å². The summed E-state index contributed by atoms with van der Waals surface area (Å²) in [6.45, 7) is 1.40. The van der Waals surface area contributed by atoms with Gasteiger partial charge in [-0.15, -0.1) is 0 Å². The Labute approximate surface area is 118 Å². The molecule has 0 spiro atoms. The molecular weight excluding hydrogens is 250 g/mol. The van der Waals surface area contributed by atoms with Crippen LogP contribution in [0.3, 0.4) is 0 Å². The van der Waals surface area contributed by atoms with Gasteiger partial charge in [0, 0.05) is 29.5 Å². The third kappa shape index (κ3) is 1.70. The number of hydrogen-bond donors (Lipinski definition) is 1. The summed E-state index contributed by atoms with van der Waals surface area (Å²) >= 11 is 0. The van der Waals surface area contributed by atoms with Gasteiger partial charge in [-0.05, 0) is 11.6 Å². The molecule has 0 radical (unpaired) electrons. The van der Waals surface area contributed by atoms with Crippen LogP contribution < -0.4 is 15.2 Å². The molecule has 2 N–H and O–H groups in total. The summed E-state index contributed by atoms with van der Waals surface area (Å²) in [4.78, 5) is 0. The van der Waals surface area contributed by atoms with Crippen LogP contribution >= 0.6 is 0 Å². The van der Waals surface area contributed by atoms with E-state index >= 15 is 0 Å². The Hall–Kier alpha value is -2.00. The smallest absolute Gasteiger partial charge is 0.127 e. The van der Waals surface area contributed by atoms with Gasteiger partial charge in [-0.1, -0.05) is 36.4 Å². The van der Waals surface area contributed by atoms with E-state index in [0.717, 1.165) is 30.1 Å². The van der Waals surface area contributed by atoms with Gasteiger partial charge in [-0.25, -0.2) is 0 Å². The van der Waals surface area contributed by atoms with Crippen molar-refractivity contribution in [1.29, 1.82) is 0 Å². The van der Waals surface area contributed by atoms with Crippen LogP contribution in [-0.4, -0.2) is 13.2 Å². The number of ether oxygens (including phenoxy) is 2. The van der Waals surface area contributed by atoms with Gasteiger partial charge in [0.1, 0.15) is 11.5 Å². The molecule has 20 heavy (non-hydrogen) atoms. The van der Waals surface area contributed by atoms with Crippen LogP contribution in [0.4, 0.5) is 0 Å². The lowest BCUT2D eigenvalue weighted by Gasteiger charge is -2.21. The number of benzene rings is 2. The first kappa shape index (κ1) is 11.8. The van der Waals surface area contributed by atoms with Crippen molar-refractivity contribution < 1.29 is 9.47 Å². The number of hydrogen-bond acceptors (Lipinski definition) is 3. The minimum atomic E-state index is -0.0910. The monoisotopic (exact) mass is 267 g/mol. The van der Waals surface area contributed by atoms with Crippen LogP contribution in [-0.2, 0) is 6.42 Å². The van der Waals surface area contributed by atoms with Crippen molar-refractivity contribution in [2.24, 2.45) is 5.73 Å². The summed E-state index contributed by atoms with van der Waals surface area (Å²) in [5.74, 6) is 2.15. The maximum Gasteiger partial charge on any atom is 0.127 e. The molecule has 0 amide bonds. The summed E-state index contributed by atoms with van der Waals surface area (Å²) < 4.78 is 11.5. The second-order valence-corrected chi connectivity index (χ2v) is 5.42. The molecule has 0 saturated heterocycles. The fourth-order valence-electron chi connectivity index (χ4n) is 3.20. The molecule has 0 aliphatic carbocycles. The molecule has 2 aromatic carbocycles. The molecule has 3 nitrogen and oxygen atoms in total. The molecule has 2 atom stereocenters. The molecule has 3 heteroatoms. The minimum absolute atomic E-state index is 0.0910. The fourth-order valence-corrected chi connectivity index (χ4v) is 3.20. The molecule has 4 rings (SSSR count). The van der Waals surface area contributed by atoms with Crippen LogP contribution in [0.1, 0.15) is 28.7 Å². The zero-order valence-corrected chi connectivity index (χ0v) is 11.2. The molecule has 2 heterocycles. The number of nitrogens with two attached hydrogens (primary N) is 1. The van der Waals surface area contributed by atoms with Crippen molar-refractivity contribution in [3.05, 3.63) is 59.2 Å². The molecule has 2 aliphatic rings. The van der Waals surface area contributed by atoms with Crippen molar-refractivity contribution in [2.45, 2.75) is 18.4 Å². The van der Waals surface area contributed by atoms with E-state index in [4.69, 9.17) is 15.2 Å². The van der Waals surface area contributed by atoms with Crippen LogP contribution in [0.2, 0.25) is 0 Å². The second-order valence-electron chi connectivity index (χ2n) is 5.42. The van der Waals surface area contributed by atoms with Crippen LogP contribution in [0.15, 0.2) is 42.5 Å². The van der Waals surface area contributed by atoms with Crippen molar-refractivity contribution in [3.8, 4) is 11.5 Å². The van der Waals surface area contributed by atoms with E-state index in [1.165, 1.54) is 11.1 Å². The van der Waals surface area contributed by atoms with Crippen LogP contribution in [0, 0.1) is 0 Å². The van der Waals surface area contributed by atoms with E-state index in [1.807, 2.05) is 18.2 Å². The lowest BCUT2D eigenvalue weighted by Crippen LogP contribution is -2.21. The highest BCUT2D eigenvalue weighted by molar-refractivity contribution is 5.49. The Morgan fingerprint density at radius 2 is 1.95 bits per heavy atom. The molecule has 0 fully saturated rings. The summed E-state index contributed by atoms with van der Waals surface area (Å²) in [5, 5.41) is 0. The standard InChI is InChI=1S/C17H17NO2/c18-16(13-6-3-4-11-8-9-19-17(11)13)14-10-20-15-7-2-1-5-12(14)15/h1-7,14,16H,8-10,18H2. The summed E-state index contributed by atoms with van der Waals surface area (Å²) in [6.07, 6.45) is 0.980. The lowest BCUT2D eigenvalue weighted by molar-refractivity contribution is 0.309. The third-order valence-electron chi connectivity index (χ3n) is 4.27. The molecule has 2 aliphatic heterocycles. The average Bonchev–Trinajstić information content (AvgIpc) is 3.12. The zero-order valence-electron chi connectivity index (χ0n) is 11.2. The van der Waals surface area contributed by atoms with E-state index in [0.29, 0.717) is 6.61 Å². The third-order valence-corrected chi connectivity index (χ3v) is 4.27. The van der Waals surface area contributed by atoms with Crippen LogP contribution in [0.25, 0.3) is 0 Å². The molecule has 102 valence electrons. The largest absolute Gasteiger partial charge is 0.493 e. The van der Waals surface area contributed by atoms with Crippen molar-refractivity contribution in [2.75, 3.05) is 13.2 Å². The quantitative estimate of drug-likeness (QED) is 0.910. The average molecular weight is 267 g/mol. The van der Waals surface area contributed by atoms with Gasteiger partial charge in [0.2, 0.25) is 0 Å². The number of fused-ring (bicyclic) bond motifs is 2. The van der Waals surface area contributed by atoms with Gasteiger partial charge in [-0.2, -0.15) is 0 Å². The normalized spacial score (nSPS) is 20.8. The molecular formula is C17H17NO2. The SMILES string of the molecule is NC(c1cccc2c1OCC2)C1COc2ccccc21. The first-order chi connectivity index (χ1) is 9.84. The Bertz CT molecular complexity index is 653. The van der Waals surface area contributed by atoms with Gasteiger partial charge in [0.05, 0.1) is 13.2 Å². The van der Waals surface area contributed by atoms with Gasteiger partial charge in [0.15, 0.2) is 0 Å². The van der Waals surface area contributed by atoms with Crippen molar-refractivity contribution >= 4 is 0 Å². The first-order valence-electron chi connectivity index (χ1n) is 7.06. The molecule has 2 unspecified atom stereocenters. The van der Waals surface area contributed by atoms with E-state index in [2.05, 4.69) is 24.3 Å². The molecule has 0 bridgehead atoms. The second kappa shape index (κ2) is 4.53. The fraction of sp³-hybridized carbons (Fsp3) is 0.294. The van der Waals surface area contributed by atoms with Gasteiger partial charge >= 0.3 is 0 Å². The van der Waals surface area contributed by atoms with Gasteiger partial charge < -0.3 is 15.2 Å². The van der Waals surface area contributed by atoms with E-state index in [9.17, 15) is 0 Å². The molecule has 2 aromatic rings. The molecule has 0 aromatic heterocycles. The van der Waals surface area contributed by atoms with E-state index in [-0.39, 0.29) is 12.0 Å². The van der Waals surface area contributed by atoms with Gasteiger partial charge in [0.25, 0.3) is 0 Å².